The van der Waals surface area contributed by atoms with Crippen LogP contribution in [0.1, 0.15) is 71.6 Å². The van der Waals surface area contributed by atoms with Crippen LogP contribution in [-0.2, 0) is 36.7 Å². The first kappa shape index (κ1) is 33.0. The number of carbonyl (C=O) groups is 1. The van der Waals surface area contributed by atoms with E-state index in [1.807, 2.05) is 78.9 Å². The molecule has 4 fully saturated rings. The Labute approximate surface area is 285 Å². The molecule has 5 aliphatic rings. The summed E-state index contributed by atoms with van der Waals surface area (Å²) < 4.78 is 19.6. The van der Waals surface area contributed by atoms with Gasteiger partial charge in [-0.15, -0.1) is 0 Å². The fraction of sp³-hybridized carbons (Fsp3) is 0.513. The Morgan fingerprint density at radius 3 is 2.46 bits per heavy atom. The first-order valence-electron chi connectivity index (χ1n) is 17.6. The van der Waals surface area contributed by atoms with E-state index in [0.29, 0.717) is 42.9 Å². The van der Waals surface area contributed by atoms with E-state index in [1.165, 1.54) is 6.42 Å². The molecule has 8 rings (SSSR count). The highest BCUT2D eigenvalue weighted by molar-refractivity contribution is 6.48. The highest BCUT2D eigenvalue weighted by atomic mass is 16.7. The number of benzene rings is 2. The van der Waals surface area contributed by atoms with Crippen LogP contribution in [0, 0.1) is 23.2 Å². The number of nitrogens with one attached hydrogen (secondary N) is 1. The molecule has 48 heavy (non-hydrogen) atoms. The monoisotopic (exact) mass is 649 g/mol. The van der Waals surface area contributed by atoms with Crippen molar-refractivity contribution in [3.8, 4) is 11.3 Å². The van der Waals surface area contributed by atoms with E-state index in [-0.39, 0.29) is 35.6 Å². The van der Waals surface area contributed by atoms with E-state index >= 15 is 0 Å². The number of carbonyl (C=O) groups excluding carboxylic acids is 1. The van der Waals surface area contributed by atoms with Crippen LogP contribution in [0.5, 0.6) is 0 Å². The second-order valence-electron chi connectivity index (χ2n) is 15.5. The standard InChI is InChI=1S/C39H48BN3O5/c1-26(2)19-35(40-46-34-21-29-20-33(37(29,3)4)38(34,5)47-40)42-36(44)39(22-27-13-8-6-9-14-27)23-31(43-48-39)25-45-24-30-17-12-18-32(41-30)28-15-10-7-11-16-28/h6-18,26,29,33-35H,19-25H2,1-5H3,(H,42,44)/t29-,33-,34+,35-,38-,39?/m0/s1. The average Bonchev–Trinajstić information content (AvgIpc) is 3.66. The zero-order chi connectivity index (χ0) is 33.5. The summed E-state index contributed by atoms with van der Waals surface area (Å²) in [6.07, 6.45) is 3.66. The Bertz CT molecular complexity index is 1630. The lowest BCUT2D eigenvalue weighted by atomic mass is 9.43. The van der Waals surface area contributed by atoms with Gasteiger partial charge in [0.25, 0.3) is 5.91 Å². The second kappa shape index (κ2) is 13.1. The Kier molecular flexibility index (Phi) is 8.98. The molecule has 1 unspecified atom stereocenters. The third-order valence-corrected chi connectivity index (χ3v) is 11.3. The first-order chi connectivity index (χ1) is 23.1. The van der Waals surface area contributed by atoms with Crippen molar-refractivity contribution in [1.82, 2.24) is 10.3 Å². The van der Waals surface area contributed by atoms with Gasteiger partial charge in [0.1, 0.15) is 0 Å². The molecular formula is C39H48BN3O5. The van der Waals surface area contributed by atoms with Crippen LogP contribution in [-0.4, -0.2) is 53.6 Å². The molecule has 6 atom stereocenters. The van der Waals surface area contributed by atoms with E-state index in [4.69, 9.17) is 23.9 Å². The molecule has 1 aromatic heterocycles. The number of pyridine rings is 1. The molecule has 9 heteroatoms. The maximum absolute atomic E-state index is 14.4. The van der Waals surface area contributed by atoms with Crippen molar-refractivity contribution in [2.45, 2.75) is 96.6 Å². The quantitative estimate of drug-likeness (QED) is 0.217. The van der Waals surface area contributed by atoms with Crippen LogP contribution in [0.2, 0.25) is 0 Å². The molecule has 3 saturated carbocycles. The Balaban J connectivity index is 1.04. The molecule has 2 aromatic carbocycles. The topological polar surface area (TPSA) is 91.3 Å². The number of oxime groups is 1. The van der Waals surface area contributed by atoms with E-state index in [9.17, 15) is 4.79 Å². The Morgan fingerprint density at radius 1 is 0.979 bits per heavy atom. The summed E-state index contributed by atoms with van der Waals surface area (Å²) in [5.74, 6) is 0.906. The lowest BCUT2D eigenvalue weighted by Gasteiger charge is -2.64. The largest absolute Gasteiger partial charge is 0.481 e. The predicted octanol–water partition coefficient (Wildman–Crippen LogP) is 6.82. The van der Waals surface area contributed by atoms with Crippen LogP contribution in [0.15, 0.2) is 84.0 Å². The number of rotatable bonds is 12. The van der Waals surface area contributed by atoms with Crippen molar-refractivity contribution < 1.29 is 23.7 Å². The normalized spacial score (nSPS) is 29.1. The predicted molar refractivity (Wildman–Crippen MR) is 187 cm³/mol. The number of amides is 1. The minimum Gasteiger partial charge on any atom is -0.404 e. The number of nitrogens with zero attached hydrogens (tertiary/aromatic N) is 2. The van der Waals surface area contributed by atoms with Gasteiger partial charge >= 0.3 is 7.12 Å². The number of ether oxygens (including phenoxy) is 1. The molecule has 1 N–H and O–H groups in total. The molecule has 2 bridgehead atoms. The van der Waals surface area contributed by atoms with E-state index in [0.717, 1.165) is 35.4 Å². The SMILES string of the molecule is CC(C)C[C@H](NC(=O)C1(Cc2ccccc2)CC(COCc2cccc(-c3ccccc3)n2)=NO1)B1O[C@@H]2C[C@@H]3C[C@@H](C3(C)C)[C@]2(C)O1. The zero-order valence-corrected chi connectivity index (χ0v) is 28.9. The van der Waals surface area contributed by atoms with E-state index in [1.54, 1.807) is 0 Å². The molecule has 2 aliphatic heterocycles. The Hall–Kier alpha value is -3.53. The summed E-state index contributed by atoms with van der Waals surface area (Å²) in [6, 6.07) is 26.0. The fourth-order valence-corrected chi connectivity index (χ4v) is 8.57. The molecule has 3 heterocycles. The highest BCUT2D eigenvalue weighted by Gasteiger charge is 2.68. The van der Waals surface area contributed by atoms with E-state index < -0.39 is 12.7 Å². The molecule has 3 aromatic rings. The first-order valence-corrected chi connectivity index (χ1v) is 17.6. The highest BCUT2D eigenvalue weighted by Crippen LogP contribution is 2.65. The maximum atomic E-state index is 14.4. The van der Waals surface area contributed by atoms with Crippen LogP contribution in [0.25, 0.3) is 11.3 Å². The van der Waals surface area contributed by atoms with Gasteiger partial charge in [0.2, 0.25) is 5.60 Å². The fourth-order valence-electron chi connectivity index (χ4n) is 8.57. The molecule has 252 valence electrons. The molecule has 0 spiro atoms. The van der Waals surface area contributed by atoms with Crippen molar-refractivity contribution in [3.05, 3.63) is 90.1 Å². The van der Waals surface area contributed by atoms with Gasteiger partial charge in [-0.05, 0) is 67.1 Å². The zero-order valence-electron chi connectivity index (χ0n) is 28.9. The summed E-state index contributed by atoms with van der Waals surface area (Å²) in [4.78, 5) is 25.3. The van der Waals surface area contributed by atoms with Gasteiger partial charge in [0.15, 0.2) is 0 Å². The number of hydrogen-bond donors (Lipinski definition) is 1. The third-order valence-electron chi connectivity index (χ3n) is 11.3. The van der Waals surface area contributed by atoms with Crippen LogP contribution < -0.4 is 5.32 Å². The minimum absolute atomic E-state index is 0.0433. The summed E-state index contributed by atoms with van der Waals surface area (Å²) in [5, 5.41) is 7.77. The van der Waals surface area contributed by atoms with Crippen molar-refractivity contribution in [1.29, 1.82) is 0 Å². The van der Waals surface area contributed by atoms with Gasteiger partial charge in [0, 0.05) is 18.4 Å². The lowest BCUT2D eigenvalue weighted by molar-refractivity contribution is -0.199. The number of hydrogen-bond acceptors (Lipinski definition) is 7. The molecule has 1 saturated heterocycles. The summed E-state index contributed by atoms with van der Waals surface area (Å²) in [7, 11) is -0.514. The minimum atomic E-state index is -1.21. The van der Waals surface area contributed by atoms with Crippen LogP contribution in [0.3, 0.4) is 0 Å². The van der Waals surface area contributed by atoms with Gasteiger partial charge in [-0.3, -0.25) is 9.78 Å². The van der Waals surface area contributed by atoms with Crippen molar-refractivity contribution in [2.24, 2.45) is 28.3 Å². The molecule has 0 radical (unpaired) electrons. The van der Waals surface area contributed by atoms with Gasteiger partial charge in [-0.25, -0.2) is 0 Å². The van der Waals surface area contributed by atoms with Crippen LogP contribution >= 0.6 is 0 Å². The third kappa shape index (κ3) is 6.33. The van der Waals surface area contributed by atoms with Gasteiger partial charge < -0.3 is 24.2 Å². The summed E-state index contributed by atoms with van der Waals surface area (Å²) in [5.41, 5.74) is 3.16. The average molecular weight is 650 g/mol. The van der Waals surface area contributed by atoms with Crippen molar-refractivity contribution in [2.75, 3.05) is 6.61 Å². The van der Waals surface area contributed by atoms with E-state index in [2.05, 4.69) is 45.1 Å². The molecular weight excluding hydrogens is 601 g/mol. The lowest BCUT2D eigenvalue weighted by Crippen LogP contribution is -2.65. The Morgan fingerprint density at radius 2 is 1.73 bits per heavy atom. The van der Waals surface area contributed by atoms with Gasteiger partial charge in [-0.1, -0.05) is 99.6 Å². The molecule has 1 amide bonds. The van der Waals surface area contributed by atoms with Gasteiger partial charge in [-0.2, -0.15) is 0 Å². The summed E-state index contributed by atoms with van der Waals surface area (Å²) >= 11 is 0. The maximum Gasteiger partial charge on any atom is 0.481 e. The molecule has 3 aliphatic carbocycles. The number of aromatic nitrogens is 1. The van der Waals surface area contributed by atoms with Crippen molar-refractivity contribution >= 4 is 18.7 Å². The van der Waals surface area contributed by atoms with Crippen molar-refractivity contribution in [3.63, 3.8) is 0 Å². The van der Waals surface area contributed by atoms with Gasteiger partial charge in [0.05, 0.1) is 48.0 Å². The smallest absolute Gasteiger partial charge is 0.404 e. The summed E-state index contributed by atoms with van der Waals surface area (Å²) in [6.45, 7) is 11.8. The van der Waals surface area contributed by atoms with Crippen LogP contribution in [0.4, 0.5) is 0 Å². The second-order valence-corrected chi connectivity index (χ2v) is 15.5. The molecule has 8 nitrogen and oxygen atoms in total.